The molecule has 1 saturated heterocycles. The number of nitrogen functional groups attached to an aromatic ring is 1. The fourth-order valence-corrected chi connectivity index (χ4v) is 1.55. The molecular formula is C11H9N3O2S. The van der Waals surface area contributed by atoms with Gasteiger partial charge in [0.25, 0.3) is 11.8 Å². The van der Waals surface area contributed by atoms with Crippen LogP contribution in [0.15, 0.2) is 29.8 Å². The summed E-state index contributed by atoms with van der Waals surface area (Å²) in [4.78, 5) is 23.1. The third-order valence-corrected chi connectivity index (χ3v) is 2.39. The third-order valence-electron chi connectivity index (χ3n) is 2.19. The predicted molar refractivity (Wildman–Crippen MR) is 67.7 cm³/mol. The summed E-state index contributed by atoms with van der Waals surface area (Å²) in [6.45, 7) is 0. The minimum Gasteiger partial charge on any atom is -0.399 e. The van der Waals surface area contributed by atoms with Gasteiger partial charge < -0.3 is 5.73 Å². The lowest BCUT2D eigenvalue weighted by atomic mass is 10.1. The van der Waals surface area contributed by atoms with Gasteiger partial charge in [0.2, 0.25) is 0 Å². The van der Waals surface area contributed by atoms with Gasteiger partial charge in [-0.2, -0.15) is 0 Å². The van der Waals surface area contributed by atoms with Crippen LogP contribution in [-0.2, 0) is 9.59 Å². The fraction of sp³-hybridized carbons (Fsp3) is 0. The van der Waals surface area contributed by atoms with Crippen LogP contribution in [0, 0.1) is 0 Å². The van der Waals surface area contributed by atoms with E-state index in [4.69, 9.17) is 5.73 Å². The van der Waals surface area contributed by atoms with E-state index in [0.29, 0.717) is 11.3 Å². The molecule has 4 N–H and O–H groups in total. The first kappa shape index (κ1) is 11.3. The average molecular weight is 247 g/mol. The van der Waals surface area contributed by atoms with Gasteiger partial charge in [0.05, 0.1) is 0 Å². The average Bonchev–Trinajstić information content (AvgIpc) is 2.26. The first-order chi connectivity index (χ1) is 8.06. The van der Waals surface area contributed by atoms with E-state index in [9.17, 15) is 9.59 Å². The highest BCUT2D eigenvalue weighted by Gasteiger charge is 2.25. The Balaban J connectivity index is 2.32. The number of anilines is 1. The monoisotopic (exact) mass is 247 g/mol. The van der Waals surface area contributed by atoms with Crippen molar-refractivity contribution < 1.29 is 9.59 Å². The van der Waals surface area contributed by atoms with Gasteiger partial charge in [-0.1, -0.05) is 12.1 Å². The number of nitrogens with one attached hydrogen (secondary N) is 2. The molecule has 6 heteroatoms. The number of carbonyl (C=O) groups excluding carboxylic acids is 2. The fourth-order valence-electron chi connectivity index (χ4n) is 1.37. The van der Waals surface area contributed by atoms with Crippen LogP contribution in [0.3, 0.4) is 0 Å². The van der Waals surface area contributed by atoms with E-state index >= 15 is 0 Å². The number of rotatable bonds is 1. The van der Waals surface area contributed by atoms with Gasteiger partial charge in [-0.3, -0.25) is 20.2 Å². The number of hydrogen-bond acceptors (Lipinski definition) is 4. The smallest absolute Gasteiger partial charge is 0.263 e. The highest BCUT2D eigenvalue weighted by Crippen LogP contribution is 2.11. The summed E-state index contributed by atoms with van der Waals surface area (Å²) in [6.07, 6.45) is 1.48. The minimum absolute atomic E-state index is 0.0170. The molecule has 0 atom stereocenters. The van der Waals surface area contributed by atoms with E-state index in [1.165, 1.54) is 6.08 Å². The standard InChI is InChI=1S/C11H9N3O2S/c12-7-3-1-6(2-4-7)5-8-9(15)13-11(17)14-10(8)16/h1-5H,12H2,(H2,13,14,15,16,17). The first-order valence-corrected chi connectivity index (χ1v) is 5.21. The van der Waals surface area contributed by atoms with Gasteiger partial charge in [-0.15, -0.1) is 0 Å². The molecule has 0 saturated carbocycles. The second kappa shape index (κ2) is 4.34. The highest BCUT2D eigenvalue weighted by molar-refractivity contribution is 7.80. The molecule has 0 spiro atoms. The van der Waals surface area contributed by atoms with Crippen molar-refractivity contribution in [1.82, 2.24) is 10.6 Å². The van der Waals surface area contributed by atoms with Crippen molar-refractivity contribution >= 4 is 40.9 Å². The van der Waals surface area contributed by atoms with E-state index in [-0.39, 0.29) is 10.7 Å². The Morgan fingerprint density at radius 1 is 1.06 bits per heavy atom. The molecule has 2 rings (SSSR count). The summed E-state index contributed by atoms with van der Waals surface area (Å²) >= 11 is 4.69. The molecule has 1 aliphatic heterocycles. The maximum Gasteiger partial charge on any atom is 0.263 e. The first-order valence-electron chi connectivity index (χ1n) is 4.80. The zero-order valence-corrected chi connectivity index (χ0v) is 9.51. The molecule has 1 aromatic carbocycles. The van der Waals surface area contributed by atoms with Crippen LogP contribution in [0.4, 0.5) is 5.69 Å². The van der Waals surface area contributed by atoms with Crippen molar-refractivity contribution in [1.29, 1.82) is 0 Å². The highest BCUT2D eigenvalue weighted by atomic mass is 32.1. The molecule has 86 valence electrons. The third kappa shape index (κ3) is 2.48. The predicted octanol–water partition coefficient (Wildman–Crippen LogP) is 0.183. The number of amides is 2. The molecule has 0 bridgehead atoms. The van der Waals surface area contributed by atoms with E-state index in [1.54, 1.807) is 24.3 Å². The topological polar surface area (TPSA) is 84.2 Å². The van der Waals surface area contributed by atoms with Crippen LogP contribution < -0.4 is 16.4 Å². The summed E-state index contributed by atoms with van der Waals surface area (Å²) in [5.74, 6) is -1.01. The number of benzene rings is 1. The minimum atomic E-state index is -0.504. The van der Waals surface area contributed by atoms with E-state index in [2.05, 4.69) is 22.9 Å². The molecule has 2 amide bonds. The molecule has 0 aromatic heterocycles. The maximum atomic E-state index is 11.5. The molecule has 5 nitrogen and oxygen atoms in total. The zero-order chi connectivity index (χ0) is 12.4. The van der Waals surface area contributed by atoms with Crippen LogP contribution in [0.5, 0.6) is 0 Å². The van der Waals surface area contributed by atoms with Crippen LogP contribution >= 0.6 is 12.2 Å². The summed E-state index contributed by atoms with van der Waals surface area (Å²) in [6, 6.07) is 6.82. The van der Waals surface area contributed by atoms with Crippen LogP contribution in [0.25, 0.3) is 6.08 Å². The van der Waals surface area contributed by atoms with Crippen molar-refractivity contribution in [2.45, 2.75) is 0 Å². The van der Waals surface area contributed by atoms with E-state index in [0.717, 1.165) is 0 Å². The lowest BCUT2D eigenvalue weighted by Gasteiger charge is -2.16. The number of nitrogens with two attached hydrogens (primary N) is 1. The number of thiocarbonyl (C=S) groups is 1. The van der Waals surface area contributed by atoms with Crippen LogP contribution in [0.1, 0.15) is 5.56 Å². The number of hydrogen-bond donors (Lipinski definition) is 3. The molecule has 0 radical (unpaired) electrons. The van der Waals surface area contributed by atoms with Gasteiger partial charge in [0, 0.05) is 5.69 Å². The molecule has 1 aliphatic rings. The second-order valence-corrected chi connectivity index (χ2v) is 3.87. The van der Waals surface area contributed by atoms with E-state index in [1.807, 2.05) is 0 Å². The Kier molecular flexibility index (Phi) is 2.88. The summed E-state index contributed by atoms with van der Waals surface area (Å²) < 4.78 is 0. The summed E-state index contributed by atoms with van der Waals surface area (Å²) in [7, 11) is 0. The maximum absolute atomic E-state index is 11.5. The lowest BCUT2D eigenvalue weighted by Crippen LogP contribution is -2.51. The quantitative estimate of drug-likeness (QED) is 0.286. The summed E-state index contributed by atoms with van der Waals surface area (Å²) in [5, 5.41) is 4.74. The summed E-state index contributed by atoms with van der Waals surface area (Å²) in [5.41, 5.74) is 6.88. The van der Waals surface area contributed by atoms with Crippen LogP contribution in [0.2, 0.25) is 0 Å². The zero-order valence-electron chi connectivity index (χ0n) is 8.69. The van der Waals surface area contributed by atoms with Crippen molar-refractivity contribution in [2.75, 3.05) is 5.73 Å². The van der Waals surface area contributed by atoms with Crippen molar-refractivity contribution in [3.63, 3.8) is 0 Å². The Bertz CT molecular complexity index is 512. The molecule has 1 heterocycles. The molecule has 1 fully saturated rings. The van der Waals surface area contributed by atoms with E-state index < -0.39 is 11.8 Å². The Hall–Kier alpha value is -2.21. The van der Waals surface area contributed by atoms with Gasteiger partial charge in [0.15, 0.2) is 5.11 Å². The molecule has 0 unspecified atom stereocenters. The van der Waals surface area contributed by atoms with Crippen LogP contribution in [-0.4, -0.2) is 16.9 Å². The molecule has 17 heavy (non-hydrogen) atoms. The Morgan fingerprint density at radius 3 is 2.12 bits per heavy atom. The second-order valence-electron chi connectivity index (χ2n) is 3.46. The largest absolute Gasteiger partial charge is 0.399 e. The Labute approximate surface area is 103 Å². The Morgan fingerprint density at radius 2 is 1.59 bits per heavy atom. The van der Waals surface area contributed by atoms with Crippen molar-refractivity contribution in [3.05, 3.63) is 35.4 Å². The normalized spacial score (nSPS) is 15.3. The molecule has 0 aliphatic carbocycles. The van der Waals surface area contributed by atoms with Gasteiger partial charge in [-0.25, -0.2) is 0 Å². The van der Waals surface area contributed by atoms with Crippen molar-refractivity contribution in [2.24, 2.45) is 0 Å². The SMILES string of the molecule is Nc1ccc(C=C2C(=O)NC(=S)NC2=O)cc1. The van der Waals surface area contributed by atoms with Gasteiger partial charge >= 0.3 is 0 Å². The van der Waals surface area contributed by atoms with Crippen molar-refractivity contribution in [3.8, 4) is 0 Å². The lowest BCUT2D eigenvalue weighted by molar-refractivity contribution is -0.123. The van der Waals surface area contributed by atoms with Gasteiger partial charge in [0.1, 0.15) is 5.57 Å². The molecular weight excluding hydrogens is 238 g/mol. The van der Waals surface area contributed by atoms with Gasteiger partial charge in [-0.05, 0) is 36.0 Å². The number of carbonyl (C=O) groups is 2. The molecule has 1 aromatic rings.